The van der Waals surface area contributed by atoms with Gasteiger partial charge in [0.05, 0.1) is 32.0 Å². The molecule has 14 heteroatoms. The smallest absolute Gasteiger partial charge is 0.220 e. The number of carbonyl (C=O) groups excluding carboxylic acids is 1. The number of allylic oxidation sites excluding steroid dienone is 1. The average molecular weight is 1240 g/mol. The van der Waals surface area contributed by atoms with Crippen molar-refractivity contribution < 1.29 is 64.6 Å². The Labute approximate surface area is 533 Å². The Balaban J connectivity index is 1.65. The van der Waals surface area contributed by atoms with E-state index in [9.17, 15) is 45.6 Å². The summed E-state index contributed by atoms with van der Waals surface area (Å²) in [6, 6.07) is -0.912. The Bertz CT molecular complexity index is 1510. The first kappa shape index (κ1) is 81.8. The molecular weight excluding hydrogens is 1100 g/mol. The van der Waals surface area contributed by atoms with Crippen LogP contribution in [0.15, 0.2) is 12.2 Å². The molecule has 516 valence electrons. The summed E-state index contributed by atoms with van der Waals surface area (Å²) >= 11 is 0. The second-order valence-corrected chi connectivity index (χ2v) is 26.8. The van der Waals surface area contributed by atoms with Gasteiger partial charge in [0, 0.05) is 6.42 Å². The number of ether oxygens (including phenoxy) is 4. The minimum atomic E-state index is -1.79. The monoisotopic (exact) mass is 1240 g/mol. The van der Waals surface area contributed by atoms with Gasteiger partial charge >= 0.3 is 0 Å². The summed E-state index contributed by atoms with van der Waals surface area (Å²) in [4.78, 5) is 13.3. The van der Waals surface area contributed by atoms with Gasteiger partial charge in [-0.3, -0.25) is 4.79 Å². The Kier molecular flexibility index (Phi) is 55.1. The van der Waals surface area contributed by atoms with Crippen LogP contribution in [-0.2, 0) is 23.7 Å². The van der Waals surface area contributed by atoms with E-state index in [0.29, 0.717) is 0 Å². The second-order valence-electron chi connectivity index (χ2n) is 26.8. The van der Waals surface area contributed by atoms with Gasteiger partial charge in [-0.25, -0.2) is 0 Å². The minimum Gasteiger partial charge on any atom is -0.394 e. The topological polar surface area (TPSA) is 228 Å². The highest BCUT2D eigenvalue weighted by Crippen LogP contribution is 2.30. The van der Waals surface area contributed by atoms with Gasteiger partial charge in [-0.05, 0) is 19.3 Å². The summed E-state index contributed by atoms with van der Waals surface area (Å²) in [5, 5.41) is 87.6. The summed E-state index contributed by atoms with van der Waals surface area (Å²) in [6.07, 6.45) is 55.6. The van der Waals surface area contributed by atoms with Gasteiger partial charge in [0.15, 0.2) is 12.6 Å². The Morgan fingerprint density at radius 1 is 0.402 bits per heavy atom. The lowest BCUT2D eigenvalue weighted by Gasteiger charge is -2.46. The van der Waals surface area contributed by atoms with Crippen LogP contribution in [0, 0.1) is 0 Å². The number of hydrogen-bond donors (Lipinski definition) is 9. The fourth-order valence-electron chi connectivity index (χ4n) is 12.8. The van der Waals surface area contributed by atoms with Crippen LogP contribution in [0.5, 0.6) is 0 Å². The first-order chi connectivity index (χ1) is 42.6. The largest absolute Gasteiger partial charge is 0.394 e. The fourth-order valence-corrected chi connectivity index (χ4v) is 12.8. The first-order valence-electron chi connectivity index (χ1n) is 37.4. The van der Waals surface area contributed by atoms with E-state index in [4.69, 9.17) is 18.9 Å². The third kappa shape index (κ3) is 42.6. The highest BCUT2D eigenvalue weighted by molar-refractivity contribution is 5.76. The van der Waals surface area contributed by atoms with Crippen molar-refractivity contribution in [3.63, 3.8) is 0 Å². The summed E-state index contributed by atoms with van der Waals surface area (Å²) in [5.74, 6) is -0.230. The zero-order valence-electron chi connectivity index (χ0n) is 56.3. The van der Waals surface area contributed by atoms with Crippen LogP contribution >= 0.6 is 0 Å². The van der Waals surface area contributed by atoms with E-state index in [-0.39, 0.29) is 18.9 Å². The molecule has 2 saturated heterocycles. The Morgan fingerprint density at radius 3 is 1.06 bits per heavy atom. The number of unbranched alkanes of at least 4 members (excludes halogenated alkanes) is 50. The van der Waals surface area contributed by atoms with E-state index < -0.39 is 86.8 Å². The fraction of sp³-hybridized carbons (Fsp3) is 0.959. The molecule has 0 bridgehead atoms. The van der Waals surface area contributed by atoms with Crippen LogP contribution in [0.2, 0.25) is 0 Å². The second kappa shape index (κ2) is 58.5. The standard InChI is InChI=1S/C73H141NO13/c1-3-5-7-9-11-13-15-17-19-21-23-25-27-29-30-31-32-33-34-36-38-40-42-44-46-48-50-52-54-56-62(77)61(60-84-72-70(83)68(81)71(64(59-76)86-72)87-73-69(82)67(80)66(79)63(58-75)85-73)74-65(78)57-55-53-51-49-47-45-43-41-39-37-35-28-26-24-22-20-18-16-14-12-10-8-6-4-2/h54,56,61-64,66-73,75-77,79-83H,3-53,55,57-60H2,1-2H3,(H,74,78)/b56-54+. The molecule has 2 fully saturated rings. The van der Waals surface area contributed by atoms with E-state index in [1.165, 1.54) is 289 Å². The minimum absolute atomic E-state index is 0.230. The summed E-state index contributed by atoms with van der Waals surface area (Å²) < 4.78 is 22.9. The third-order valence-electron chi connectivity index (χ3n) is 18.7. The number of carbonyl (C=O) groups is 1. The molecule has 0 radical (unpaired) electrons. The number of nitrogens with one attached hydrogen (secondary N) is 1. The van der Waals surface area contributed by atoms with Gasteiger partial charge in [-0.15, -0.1) is 0 Å². The average Bonchev–Trinajstić information content (AvgIpc) is 2.55. The van der Waals surface area contributed by atoms with E-state index in [1.807, 2.05) is 6.08 Å². The SMILES string of the molecule is CCCCCCCCCCCCCCCCCCCCCCCCCCCCC/C=C/C(O)C(COC1OC(CO)C(OC2OC(CO)C(O)C(O)C2O)C(O)C1O)NC(=O)CCCCCCCCCCCCCCCCCCCCCCCCCC. The van der Waals surface area contributed by atoms with Crippen molar-refractivity contribution in [3.8, 4) is 0 Å². The quantitative estimate of drug-likeness (QED) is 0.0204. The predicted molar refractivity (Wildman–Crippen MR) is 355 cm³/mol. The van der Waals surface area contributed by atoms with Crippen LogP contribution in [-0.4, -0.2) is 140 Å². The van der Waals surface area contributed by atoms with Gasteiger partial charge in [-0.2, -0.15) is 0 Å². The van der Waals surface area contributed by atoms with Gasteiger partial charge in [0.25, 0.3) is 0 Å². The Morgan fingerprint density at radius 2 is 0.713 bits per heavy atom. The van der Waals surface area contributed by atoms with Crippen molar-refractivity contribution in [2.75, 3.05) is 19.8 Å². The summed E-state index contributed by atoms with van der Waals surface area (Å²) in [7, 11) is 0. The molecule has 0 aromatic rings. The molecule has 0 aromatic heterocycles. The maximum Gasteiger partial charge on any atom is 0.220 e. The van der Waals surface area contributed by atoms with Gasteiger partial charge in [0.2, 0.25) is 5.91 Å². The number of aliphatic hydroxyl groups is 8. The maximum atomic E-state index is 13.3. The summed E-state index contributed by atoms with van der Waals surface area (Å²) in [6.45, 7) is 2.87. The maximum absolute atomic E-state index is 13.3. The molecule has 12 unspecified atom stereocenters. The number of amides is 1. The Hall–Kier alpha value is -1.27. The molecule has 14 nitrogen and oxygen atoms in total. The predicted octanol–water partition coefficient (Wildman–Crippen LogP) is 15.7. The van der Waals surface area contributed by atoms with Crippen LogP contribution in [0.25, 0.3) is 0 Å². The number of rotatable bonds is 63. The van der Waals surface area contributed by atoms with E-state index in [0.717, 1.165) is 44.9 Å². The molecule has 9 N–H and O–H groups in total. The van der Waals surface area contributed by atoms with E-state index >= 15 is 0 Å². The number of aliphatic hydroxyl groups excluding tert-OH is 8. The lowest BCUT2D eigenvalue weighted by molar-refractivity contribution is -0.359. The molecule has 12 atom stereocenters. The van der Waals surface area contributed by atoms with E-state index in [1.54, 1.807) is 6.08 Å². The molecular formula is C73H141NO13. The van der Waals surface area contributed by atoms with Gasteiger partial charge in [-0.1, -0.05) is 341 Å². The molecule has 2 aliphatic heterocycles. The van der Waals surface area contributed by atoms with Crippen LogP contribution in [0.3, 0.4) is 0 Å². The molecule has 2 aliphatic rings. The molecule has 0 spiro atoms. The lowest BCUT2D eigenvalue weighted by atomic mass is 9.97. The molecule has 2 rings (SSSR count). The van der Waals surface area contributed by atoms with Crippen molar-refractivity contribution in [1.82, 2.24) is 5.32 Å². The van der Waals surface area contributed by atoms with Crippen LogP contribution in [0.4, 0.5) is 0 Å². The van der Waals surface area contributed by atoms with Crippen molar-refractivity contribution in [2.45, 2.75) is 428 Å². The van der Waals surface area contributed by atoms with Crippen LogP contribution < -0.4 is 5.32 Å². The zero-order chi connectivity index (χ0) is 63.1. The molecule has 0 saturated carbocycles. The molecule has 2 heterocycles. The number of hydrogen-bond acceptors (Lipinski definition) is 13. The first-order valence-corrected chi connectivity index (χ1v) is 37.4. The van der Waals surface area contributed by atoms with Crippen LogP contribution in [0.1, 0.15) is 354 Å². The normalized spacial score (nSPS) is 23.2. The molecule has 0 aromatic carbocycles. The van der Waals surface area contributed by atoms with Crippen molar-refractivity contribution in [2.24, 2.45) is 0 Å². The lowest BCUT2D eigenvalue weighted by Crippen LogP contribution is -2.65. The third-order valence-corrected chi connectivity index (χ3v) is 18.7. The highest BCUT2D eigenvalue weighted by atomic mass is 16.7. The van der Waals surface area contributed by atoms with Gasteiger partial charge in [0.1, 0.15) is 48.8 Å². The molecule has 0 aliphatic carbocycles. The van der Waals surface area contributed by atoms with Crippen molar-refractivity contribution in [1.29, 1.82) is 0 Å². The van der Waals surface area contributed by atoms with E-state index in [2.05, 4.69) is 19.2 Å². The highest BCUT2D eigenvalue weighted by Gasteiger charge is 2.51. The molecule has 1 amide bonds. The van der Waals surface area contributed by atoms with Crippen molar-refractivity contribution >= 4 is 5.91 Å². The van der Waals surface area contributed by atoms with Crippen molar-refractivity contribution in [3.05, 3.63) is 12.2 Å². The van der Waals surface area contributed by atoms with Gasteiger partial charge < -0.3 is 65.1 Å². The molecule has 87 heavy (non-hydrogen) atoms. The zero-order valence-corrected chi connectivity index (χ0v) is 56.3. The summed E-state index contributed by atoms with van der Waals surface area (Å²) in [5.41, 5.74) is 0.